The van der Waals surface area contributed by atoms with E-state index in [0.717, 1.165) is 74.7 Å². The van der Waals surface area contributed by atoms with Crippen LogP contribution in [0, 0.1) is 27.7 Å². The first-order chi connectivity index (χ1) is 33.8. The average Bonchev–Trinajstić information content (AvgIpc) is 3.73. The fourth-order valence-electron chi connectivity index (χ4n) is 9.97. The van der Waals surface area contributed by atoms with Crippen molar-refractivity contribution in [1.82, 2.24) is 0 Å². The Morgan fingerprint density at radius 2 is 0.449 bits per heavy atom. The number of nitrogens with zero attached hydrogens (tertiary/aromatic N) is 4. The summed E-state index contributed by atoms with van der Waals surface area (Å²) in [6.45, 7) is 8.62. The summed E-state index contributed by atoms with van der Waals surface area (Å²) in [4.78, 5) is 9.46. The van der Waals surface area contributed by atoms with Crippen molar-refractivity contribution in [1.29, 1.82) is 0 Å². The van der Waals surface area contributed by atoms with Gasteiger partial charge in [-0.1, -0.05) is 97.1 Å². The maximum atomic E-state index is 2.40. The van der Waals surface area contributed by atoms with Crippen LogP contribution in [0.5, 0.6) is 0 Å². The Bertz CT molecular complexity index is 3150. The highest BCUT2D eigenvalue weighted by Gasteiger charge is 2.24. The molecule has 1 aliphatic rings. The van der Waals surface area contributed by atoms with Crippen molar-refractivity contribution in [2.45, 2.75) is 34.1 Å². The lowest BCUT2D eigenvalue weighted by Gasteiger charge is -2.30. The second-order valence-electron chi connectivity index (χ2n) is 18.3. The summed E-state index contributed by atoms with van der Waals surface area (Å²) in [6.07, 6.45) is 0.847. The minimum absolute atomic E-state index is 0.847. The van der Waals surface area contributed by atoms with Gasteiger partial charge in [-0.2, -0.15) is 0 Å². The van der Waals surface area contributed by atoms with Gasteiger partial charge in [0.1, 0.15) is 0 Å². The van der Waals surface area contributed by atoms with Gasteiger partial charge in [0.05, 0.1) is 0 Å². The number of anilines is 12. The second kappa shape index (κ2) is 18.6. The van der Waals surface area contributed by atoms with Crippen molar-refractivity contribution in [3.8, 4) is 11.1 Å². The molecule has 0 N–H and O–H groups in total. The lowest BCUT2D eigenvalue weighted by atomic mass is 10.0. The number of hydrogen-bond acceptors (Lipinski definition) is 4. The van der Waals surface area contributed by atoms with Crippen LogP contribution >= 0.6 is 0 Å². The highest BCUT2D eigenvalue weighted by molar-refractivity contribution is 5.88. The van der Waals surface area contributed by atoms with Gasteiger partial charge < -0.3 is 19.6 Å². The zero-order chi connectivity index (χ0) is 46.8. The smallest absolute Gasteiger partial charge is 0.0464 e. The molecule has 10 aromatic carbocycles. The van der Waals surface area contributed by atoms with Gasteiger partial charge in [0, 0.05) is 68.2 Å². The highest BCUT2D eigenvalue weighted by Crippen LogP contribution is 2.46. The van der Waals surface area contributed by atoms with E-state index in [-0.39, 0.29) is 0 Å². The predicted molar refractivity (Wildman–Crippen MR) is 292 cm³/mol. The molecule has 69 heavy (non-hydrogen) atoms. The van der Waals surface area contributed by atoms with Crippen molar-refractivity contribution in [3.05, 3.63) is 276 Å². The molecule has 0 heterocycles. The van der Waals surface area contributed by atoms with Gasteiger partial charge in [-0.25, -0.2) is 0 Å². The molecule has 0 spiro atoms. The predicted octanol–water partition coefficient (Wildman–Crippen LogP) is 18.4. The zero-order valence-corrected chi connectivity index (χ0v) is 39.6. The molecule has 0 bridgehead atoms. The van der Waals surface area contributed by atoms with Crippen LogP contribution in [0.25, 0.3) is 11.1 Å². The van der Waals surface area contributed by atoms with Crippen LogP contribution in [-0.2, 0) is 6.42 Å². The van der Waals surface area contributed by atoms with Crippen LogP contribution in [0.3, 0.4) is 0 Å². The minimum Gasteiger partial charge on any atom is -0.310 e. The van der Waals surface area contributed by atoms with Crippen molar-refractivity contribution in [3.63, 3.8) is 0 Å². The molecule has 0 saturated heterocycles. The molecule has 4 heteroatoms. The first-order valence-electron chi connectivity index (χ1n) is 23.9. The van der Waals surface area contributed by atoms with Crippen LogP contribution in [0.15, 0.2) is 243 Å². The van der Waals surface area contributed by atoms with E-state index < -0.39 is 0 Å². The Balaban J connectivity index is 0.995. The summed E-state index contributed by atoms with van der Waals surface area (Å²) >= 11 is 0. The van der Waals surface area contributed by atoms with Crippen LogP contribution in [0.4, 0.5) is 68.2 Å². The van der Waals surface area contributed by atoms with E-state index in [1.54, 1.807) is 0 Å². The largest absolute Gasteiger partial charge is 0.310 e. The first kappa shape index (κ1) is 43.0. The van der Waals surface area contributed by atoms with Crippen molar-refractivity contribution in [2.75, 3.05) is 19.6 Å². The summed E-state index contributed by atoms with van der Waals surface area (Å²) in [5, 5.41) is 0. The van der Waals surface area contributed by atoms with Crippen molar-refractivity contribution < 1.29 is 0 Å². The topological polar surface area (TPSA) is 13.0 Å². The lowest BCUT2D eigenvalue weighted by Crippen LogP contribution is -2.13. The summed E-state index contributed by atoms with van der Waals surface area (Å²) in [6, 6.07) is 88.4. The lowest BCUT2D eigenvalue weighted by molar-refractivity contribution is 1.21. The molecule has 334 valence electrons. The van der Waals surface area contributed by atoms with Gasteiger partial charge in [-0.3, -0.25) is 0 Å². The summed E-state index contributed by atoms with van der Waals surface area (Å²) < 4.78 is 0. The normalized spacial score (nSPS) is 11.4. The molecule has 0 unspecified atom stereocenters. The number of aryl methyl sites for hydroxylation is 4. The van der Waals surface area contributed by atoms with Gasteiger partial charge in [0.2, 0.25) is 0 Å². The fraction of sp³-hybridized carbons (Fsp3) is 0.0769. The molecular formula is C65H54N4. The van der Waals surface area contributed by atoms with E-state index in [1.165, 1.54) is 44.5 Å². The Morgan fingerprint density at radius 1 is 0.217 bits per heavy atom. The average molecular weight is 891 g/mol. The first-order valence-corrected chi connectivity index (χ1v) is 23.9. The number of benzene rings is 10. The monoisotopic (exact) mass is 890 g/mol. The van der Waals surface area contributed by atoms with E-state index in [2.05, 4.69) is 290 Å². The Hall–Kier alpha value is -8.60. The van der Waals surface area contributed by atoms with Gasteiger partial charge >= 0.3 is 0 Å². The van der Waals surface area contributed by atoms with E-state index in [4.69, 9.17) is 0 Å². The number of rotatable bonds is 12. The van der Waals surface area contributed by atoms with Crippen LogP contribution in [-0.4, -0.2) is 0 Å². The van der Waals surface area contributed by atoms with Crippen LogP contribution < -0.4 is 19.6 Å². The van der Waals surface area contributed by atoms with Gasteiger partial charge in [-0.15, -0.1) is 0 Å². The number of hydrogen-bond donors (Lipinski definition) is 0. The SMILES string of the molecule is Cc1cccc(N(c2ccc(N(c3ccc(N(c4cccc(C)c4)c4cccc(C)c4)cc3)c3ccc4c(c3)Cc3cc(N(c5ccccc5)c5ccccc5)ccc3-4)cc2)c2cccc(C)c2)c1. The molecule has 0 saturated carbocycles. The molecule has 4 nitrogen and oxygen atoms in total. The van der Waals surface area contributed by atoms with Crippen LogP contribution in [0.1, 0.15) is 33.4 Å². The van der Waals surface area contributed by atoms with Gasteiger partial charge in [-0.05, 0) is 224 Å². The van der Waals surface area contributed by atoms with E-state index in [0.29, 0.717) is 0 Å². The molecule has 0 amide bonds. The standard InChI is InChI=1S/C65H54N4/c1-46-15-11-23-58(39-46)68(59-24-12-16-47(2)40-59)56-31-27-54(28-32-56)67(55-29-33-57(34-30-55)69(60-25-13-17-48(3)41-60)61-26-14-18-49(4)42-61)63-36-38-65-51(45-63)43-50-44-62(35-37-64(50)65)66(52-19-7-5-8-20-52)53-21-9-6-10-22-53/h5-42,44-45H,43H2,1-4H3. The molecule has 0 fully saturated rings. The quantitative estimate of drug-likeness (QED) is 0.121. The van der Waals surface area contributed by atoms with Gasteiger partial charge in [0.15, 0.2) is 0 Å². The Labute approximate surface area is 407 Å². The number of para-hydroxylation sites is 2. The highest BCUT2D eigenvalue weighted by atomic mass is 15.2. The van der Waals surface area contributed by atoms with E-state index in [9.17, 15) is 0 Å². The summed E-state index contributed by atoms with van der Waals surface area (Å²) in [7, 11) is 0. The molecule has 10 aromatic rings. The zero-order valence-electron chi connectivity index (χ0n) is 39.6. The van der Waals surface area contributed by atoms with Crippen LogP contribution in [0.2, 0.25) is 0 Å². The van der Waals surface area contributed by atoms with Crippen molar-refractivity contribution >= 4 is 68.2 Å². The third-order valence-electron chi connectivity index (χ3n) is 13.2. The summed E-state index contributed by atoms with van der Waals surface area (Å²) in [5.41, 5.74) is 23.5. The van der Waals surface area contributed by atoms with Crippen molar-refractivity contribution in [2.24, 2.45) is 0 Å². The van der Waals surface area contributed by atoms with Gasteiger partial charge in [0.25, 0.3) is 0 Å². The molecule has 0 aliphatic heterocycles. The number of fused-ring (bicyclic) bond motifs is 3. The van der Waals surface area contributed by atoms with E-state index >= 15 is 0 Å². The fourth-order valence-corrected chi connectivity index (χ4v) is 9.97. The molecule has 1 aliphatic carbocycles. The molecule has 11 rings (SSSR count). The Morgan fingerprint density at radius 3 is 0.739 bits per heavy atom. The maximum absolute atomic E-state index is 2.40. The summed E-state index contributed by atoms with van der Waals surface area (Å²) in [5.74, 6) is 0. The van der Waals surface area contributed by atoms with E-state index in [1.807, 2.05) is 0 Å². The minimum atomic E-state index is 0.847. The molecule has 0 radical (unpaired) electrons. The Kier molecular flexibility index (Phi) is 11.6. The third kappa shape index (κ3) is 8.77. The molecular weight excluding hydrogens is 837 g/mol. The third-order valence-corrected chi connectivity index (χ3v) is 13.2. The second-order valence-corrected chi connectivity index (χ2v) is 18.3. The molecule has 0 atom stereocenters. The molecule has 0 aromatic heterocycles. The maximum Gasteiger partial charge on any atom is 0.0464 e.